The molecule has 18 heavy (non-hydrogen) atoms. The summed E-state index contributed by atoms with van der Waals surface area (Å²) in [5.74, 6) is -0.0990. The maximum absolute atomic E-state index is 12.4. The van der Waals surface area contributed by atoms with Gasteiger partial charge in [-0.2, -0.15) is 0 Å². The van der Waals surface area contributed by atoms with E-state index in [-0.39, 0.29) is 18.4 Å². The predicted octanol–water partition coefficient (Wildman–Crippen LogP) is 0.785. The van der Waals surface area contributed by atoms with E-state index < -0.39 is 0 Å². The van der Waals surface area contributed by atoms with E-state index in [4.69, 9.17) is 0 Å². The van der Waals surface area contributed by atoms with Crippen LogP contribution in [0.3, 0.4) is 0 Å². The lowest BCUT2D eigenvalue weighted by Crippen LogP contribution is -2.50. The lowest BCUT2D eigenvalue weighted by molar-refractivity contribution is -0.123. The smallest absolute Gasteiger partial charge is 0.271 e. The van der Waals surface area contributed by atoms with Gasteiger partial charge >= 0.3 is 0 Å². The van der Waals surface area contributed by atoms with Crippen LogP contribution in [-0.4, -0.2) is 40.9 Å². The first-order chi connectivity index (χ1) is 8.75. The number of carbonyl (C=O) groups is 2. The van der Waals surface area contributed by atoms with Gasteiger partial charge in [0.05, 0.1) is 6.54 Å². The van der Waals surface area contributed by atoms with Crippen molar-refractivity contribution >= 4 is 11.8 Å². The highest BCUT2D eigenvalue weighted by Crippen LogP contribution is 2.32. The zero-order chi connectivity index (χ0) is 12.5. The van der Waals surface area contributed by atoms with Gasteiger partial charge in [0.1, 0.15) is 5.69 Å². The first-order valence-corrected chi connectivity index (χ1v) is 6.48. The highest BCUT2D eigenvalue weighted by molar-refractivity contribution is 5.96. The fraction of sp³-hybridized carbons (Fsp3) is 0.538. The number of hydrogen-bond donors (Lipinski definition) is 1. The molecule has 1 saturated heterocycles. The molecule has 2 heterocycles. The number of hydrogen-bond acceptors (Lipinski definition) is 2. The Labute approximate surface area is 106 Å². The van der Waals surface area contributed by atoms with Gasteiger partial charge in [-0.15, -0.1) is 0 Å². The summed E-state index contributed by atoms with van der Waals surface area (Å²) in [5.41, 5.74) is 0.717. The highest BCUT2D eigenvalue weighted by Gasteiger charge is 2.27. The molecule has 5 heteroatoms. The van der Waals surface area contributed by atoms with Gasteiger partial charge in [0.2, 0.25) is 5.91 Å². The molecule has 2 aliphatic rings. The van der Waals surface area contributed by atoms with Gasteiger partial charge in [0.25, 0.3) is 5.91 Å². The molecule has 3 rings (SSSR count). The Bertz CT molecular complexity index is 476. The van der Waals surface area contributed by atoms with Crippen LogP contribution < -0.4 is 5.32 Å². The zero-order valence-corrected chi connectivity index (χ0v) is 10.3. The highest BCUT2D eigenvalue weighted by atomic mass is 16.2. The molecule has 1 aromatic rings. The van der Waals surface area contributed by atoms with Crippen LogP contribution >= 0.6 is 0 Å². The molecule has 1 aliphatic heterocycles. The molecule has 2 amide bonds. The van der Waals surface area contributed by atoms with Crippen molar-refractivity contribution in [2.45, 2.75) is 25.3 Å². The first-order valence-electron chi connectivity index (χ1n) is 6.48. The lowest BCUT2D eigenvalue weighted by atomic mass is 9.93. The Kier molecular flexibility index (Phi) is 2.81. The molecule has 1 saturated carbocycles. The third-order valence-electron chi connectivity index (χ3n) is 3.79. The summed E-state index contributed by atoms with van der Waals surface area (Å²) < 4.78 is 2.07. The van der Waals surface area contributed by atoms with Crippen LogP contribution in [0.25, 0.3) is 0 Å². The van der Waals surface area contributed by atoms with Crippen LogP contribution in [0.2, 0.25) is 0 Å². The molecule has 0 aromatic carbocycles. The van der Waals surface area contributed by atoms with Gasteiger partial charge in [-0.1, -0.05) is 0 Å². The second-order valence-corrected chi connectivity index (χ2v) is 4.96. The molecular weight excluding hydrogens is 230 g/mol. The Morgan fingerprint density at radius 2 is 2.22 bits per heavy atom. The van der Waals surface area contributed by atoms with E-state index in [1.807, 2.05) is 18.3 Å². The van der Waals surface area contributed by atoms with Crippen molar-refractivity contribution in [2.24, 2.45) is 0 Å². The van der Waals surface area contributed by atoms with Crippen LogP contribution in [0.15, 0.2) is 18.3 Å². The molecule has 0 spiro atoms. The molecule has 1 N–H and O–H groups in total. The molecule has 0 atom stereocenters. The summed E-state index contributed by atoms with van der Waals surface area (Å²) in [4.78, 5) is 25.3. The van der Waals surface area contributed by atoms with Crippen LogP contribution in [0, 0.1) is 0 Å². The van der Waals surface area contributed by atoms with Crippen molar-refractivity contribution in [3.8, 4) is 0 Å². The van der Waals surface area contributed by atoms with E-state index in [1.165, 1.54) is 6.42 Å². The molecule has 96 valence electrons. The SMILES string of the molecule is O=C1CN(C(=O)c2cccn2C2CCC2)CCN1. The van der Waals surface area contributed by atoms with E-state index in [0.29, 0.717) is 19.1 Å². The molecule has 1 aliphatic carbocycles. The molecule has 1 aromatic heterocycles. The number of nitrogens with one attached hydrogen (secondary N) is 1. The Balaban J connectivity index is 1.79. The lowest BCUT2D eigenvalue weighted by Gasteiger charge is -2.31. The zero-order valence-electron chi connectivity index (χ0n) is 10.3. The second-order valence-electron chi connectivity index (χ2n) is 4.96. The Hall–Kier alpha value is -1.78. The number of piperazine rings is 1. The van der Waals surface area contributed by atoms with Crippen LogP contribution in [-0.2, 0) is 4.79 Å². The van der Waals surface area contributed by atoms with Crippen molar-refractivity contribution in [3.63, 3.8) is 0 Å². The average molecular weight is 247 g/mol. The van der Waals surface area contributed by atoms with E-state index in [1.54, 1.807) is 4.90 Å². The molecule has 0 bridgehead atoms. The van der Waals surface area contributed by atoms with Crippen molar-refractivity contribution in [1.29, 1.82) is 0 Å². The van der Waals surface area contributed by atoms with Gasteiger partial charge in [-0.05, 0) is 31.4 Å². The molecule has 5 nitrogen and oxygen atoms in total. The normalized spacial score (nSPS) is 20.4. The predicted molar refractivity (Wildman–Crippen MR) is 66.2 cm³/mol. The summed E-state index contributed by atoms with van der Waals surface area (Å²) in [6.45, 7) is 1.32. The van der Waals surface area contributed by atoms with Crippen molar-refractivity contribution in [2.75, 3.05) is 19.6 Å². The number of amides is 2. The fourth-order valence-electron chi connectivity index (χ4n) is 2.53. The van der Waals surface area contributed by atoms with Crippen molar-refractivity contribution in [3.05, 3.63) is 24.0 Å². The average Bonchev–Trinajstić information content (AvgIpc) is 2.74. The second kappa shape index (κ2) is 4.48. The number of rotatable bonds is 2. The maximum atomic E-state index is 12.4. The summed E-state index contributed by atoms with van der Waals surface area (Å²) in [5, 5.41) is 2.73. The van der Waals surface area contributed by atoms with Crippen molar-refractivity contribution in [1.82, 2.24) is 14.8 Å². The molecule has 2 fully saturated rings. The monoisotopic (exact) mass is 247 g/mol. The van der Waals surface area contributed by atoms with Gasteiger partial charge in [-0.25, -0.2) is 0 Å². The van der Waals surface area contributed by atoms with Crippen LogP contribution in [0.1, 0.15) is 35.8 Å². The minimum absolute atomic E-state index is 0.0262. The number of carbonyl (C=O) groups excluding carboxylic acids is 2. The van der Waals surface area contributed by atoms with Gasteiger partial charge < -0.3 is 14.8 Å². The van der Waals surface area contributed by atoms with E-state index in [0.717, 1.165) is 18.5 Å². The number of aromatic nitrogens is 1. The topological polar surface area (TPSA) is 54.3 Å². The van der Waals surface area contributed by atoms with Gasteiger partial charge in [0, 0.05) is 25.3 Å². The molecule has 0 unspecified atom stereocenters. The molecular formula is C13H17N3O2. The van der Waals surface area contributed by atoms with Gasteiger partial charge in [-0.3, -0.25) is 9.59 Å². The Morgan fingerprint density at radius 3 is 2.89 bits per heavy atom. The minimum atomic E-state index is -0.0728. The number of nitrogens with zero attached hydrogens (tertiary/aromatic N) is 2. The van der Waals surface area contributed by atoms with Crippen LogP contribution in [0.5, 0.6) is 0 Å². The summed E-state index contributed by atoms with van der Waals surface area (Å²) in [6.07, 6.45) is 5.51. The maximum Gasteiger partial charge on any atom is 0.271 e. The largest absolute Gasteiger partial charge is 0.353 e. The first kappa shape index (κ1) is 11.3. The molecule has 0 radical (unpaired) electrons. The van der Waals surface area contributed by atoms with E-state index in [9.17, 15) is 9.59 Å². The summed E-state index contributed by atoms with van der Waals surface area (Å²) in [6, 6.07) is 4.24. The van der Waals surface area contributed by atoms with E-state index >= 15 is 0 Å². The summed E-state index contributed by atoms with van der Waals surface area (Å²) >= 11 is 0. The standard InChI is InChI=1S/C13H17N3O2/c17-12-9-15(8-6-14-12)13(18)11-5-2-7-16(11)10-3-1-4-10/h2,5,7,10H,1,3-4,6,8-9H2,(H,14,17). The minimum Gasteiger partial charge on any atom is -0.353 e. The third kappa shape index (κ3) is 1.89. The van der Waals surface area contributed by atoms with Gasteiger partial charge in [0.15, 0.2) is 0 Å². The fourth-order valence-corrected chi connectivity index (χ4v) is 2.53. The van der Waals surface area contributed by atoms with Crippen LogP contribution in [0.4, 0.5) is 0 Å². The summed E-state index contributed by atoms with van der Waals surface area (Å²) in [7, 11) is 0. The quantitative estimate of drug-likeness (QED) is 0.840. The van der Waals surface area contributed by atoms with E-state index in [2.05, 4.69) is 9.88 Å². The van der Waals surface area contributed by atoms with Crippen molar-refractivity contribution < 1.29 is 9.59 Å². The third-order valence-corrected chi connectivity index (χ3v) is 3.79. The Morgan fingerprint density at radius 1 is 1.39 bits per heavy atom.